The van der Waals surface area contributed by atoms with Crippen molar-refractivity contribution in [1.29, 1.82) is 0 Å². The SMILES string of the molecule is CCNCCOCCN1CC2C[C@H]1CN2CCOCCN1CCN(CCOC)CC1. The molecule has 0 amide bonds. The first-order valence-electron chi connectivity index (χ1n) is 12.1. The van der Waals surface area contributed by atoms with Crippen LogP contribution in [0.25, 0.3) is 0 Å². The van der Waals surface area contributed by atoms with Crippen LogP contribution in [-0.4, -0.2) is 150 Å². The van der Waals surface area contributed by atoms with Crippen LogP contribution in [0.1, 0.15) is 13.3 Å². The monoisotopic (exact) mass is 427 g/mol. The smallest absolute Gasteiger partial charge is 0.0594 e. The molecule has 0 spiro atoms. The molecule has 3 fully saturated rings. The van der Waals surface area contributed by atoms with E-state index in [1.165, 1.54) is 19.5 Å². The standard InChI is InChI=1S/C22H45N5O3/c1-3-23-4-13-29-16-11-26-19-22-18-21(26)20-27(22)12-17-30-15-10-25-7-5-24(6-8-25)9-14-28-2/h21-23H,3-20H2,1-2H3/t21-,22?/m0/s1. The molecule has 3 aliphatic heterocycles. The average Bonchev–Trinajstić information content (AvgIpc) is 3.35. The van der Waals surface area contributed by atoms with Crippen LogP contribution in [0.5, 0.6) is 0 Å². The van der Waals surface area contributed by atoms with Crippen LogP contribution in [-0.2, 0) is 14.2 Å². The molecule has 0 radical (unpaired) electrons. The van der Waals surface area contributed by atoms with Crippen LogP contribution in [0.2, 0.25) is 0 Å². The summed E-state index contributed by atoms with van der Waals surface area (Å²) in [7, 11) is 1.78. The van der Waals surface area contributed by atoms with Gasteiger partial charge in [-0.05, 0) is 13.0 Å². The van der Waals surface area contributed by atoms with E-state index in [0.29, 0.717) is 0 Å². The molecule has 0 aromatic heterocycles. The predicted molar refractivity (Wildman–Crippen MR) is 120 cm³/mol. The Morgan fingerprint density at radius 3 is 1.80 bits per heavy atom. The molecule has 8 heteroatoms. The lowest BCUT2D eigenvalue weighted by Gasteiger charge is -2.35. The number of likely N-dealkylation sites (N-methyl/N-ethyl adjacent to an activating group) is 1. The van der Waals surface area contributed by atoms with Crippen LogP contribution < -0.4 is 5.32 Å². The lowest BCUT2D eigenvalue weighted by Crippen LogP contribution is -2.48. The number of piperazine rings is 2. The molecule has 3 saturated heterocycles. The number of fused-ring (bicyclic) bond motifs is 2. The highest BCUT2D eigenvalue weighted by Crippen LogP contribution is 2.29. The molecule has 0 aromatic carbocycles. The number of likely N-dealkylation sites (tertiary alicyclic amines) is 2. The van der Waals surface area contributed by atoms with E-state index in [0.717, 1.165) is 111 Å². The van der Waals surface area contributed by atoms with Crippen molar-refractivity contribution in [3.05, 3.63) is 0 Å². The summed E-state index contributed by atoms with van der Waals surface area (Å²) in [6.45, 7) is 19.6. The number of nitrogens with one attached hydrogen (secondary N) is 1. The molecular weight excluding hydrogens is 382 g/mol. The molecule has 2 bridgehead atoms. The normalized spacial score (nSPS) is 26.2. The summed E-state index contributed by atoms with van der Waals surface area (Å²) < 4.78 is 16.9. The fourth-order valence-electron chi connectivity index (χ4n) is 4.92. The second kappa shape index (κ2) is 14.0. The highest BCUT2D eigenvalue weighted by atomic mass is 16.5. The minimum absolute atomic E-state index is 0.723. The summed E-state index contributed by atoms with van der Waals surface area (Å²) in [4.78, 5) is 10.3. The van der Waals surface area contributed by atoms with Crippen molar-refractivity contribution in [3.8, 4) is 0 Å². The summed E-state index contributed by atoms with van der Waals surface area (Å²) in [6, 6.07) is 1.45. The van der Waals surface area contributed by atoms with Gasteiger partial charge in [0, 0.05) is 91.2 Å². The van der Waals surface area contributed by atoms with Crippen LogP contribution >= 0.6 is 0 Å². The molecule has 3 rings (SSSR count). The van der Waals surface area contributed by atoms with Crippen LogP contribution in [0.15, 0.2) is 0 Å². The predicted octanol–water partition coefficient (Wildman–Crippen LogP) is -0.348. The molecule has 30 heavy (non-hydrogen) atoms. The van der Waals surface area contributed by atoms with Gasteiger partial charge in [-0.3, -0.25) is 19.6 Å². The maximum absolute atomic E-state index is 5.98. The van der Waals surface area contributed by atoms with Gasteiger partial charge in [0.1, 0.15) is 0 Å². The second-order valence-electron chi connectivity index (χ2n) is 8.79. The number of ether oxygens (including phenoxy) is 3. The molecule has 0 aliphatic carbocycles. The molecule has 1 unspecified atom stereocenters. The number of hydrogen-bond donors (Lipinski definition) is 1. The summed E-state index contributed by atoms with van der Waals surface area (Å²) in [6.07, 6.45) is 1.32. The minimum atomic E-state index is 0.723. The number of methoxy groups -OCH3 is 1. The van der Waals surface area contributed by atoms with Crippen LogP contribution in [0.3, 0.4) is 0 Å². The van der Waals surface area contributed by atoms with Crippen molar-refractivity contribution in [2.45, 2.75) is 25.4 Å². The van der Waals surface area contributed by atoms with E-state index in [2.05, 4.69) is 31.8 Å². The van der Waals surface area contributed by atoms with E-state index in [4.69, 9.17) is 14.2 Å². The zero-order valence-electron chi connectivity index (χ0n) is 19.4. The van der Waals surface area contributed by atoms with Gasteiger partial charge in [0.25, 0.3) is 0 Å². The number of nitrogens with zero attached hydrogens (tertiary/aromatic N) is 4. The Labute approximate surface area is 183 Å². The summed E-state index contributed by atoms with van der Waals surface area (Å²) in [5.74, 6) is 0. The molecule has 3 heterocycles. The van der Waals surface area contributed by atoms with E-state index in [-0.39, 0.29) is 0 Å². The molecule has 3 aliphatic rings. The highest BCUT2D eigenvalue weighted by molar-refractivity contribution is 4.99. The van der Waals surface area contributed by atoms with Gasteiger partial charge in [-0.2, -0.15) is 0 Å². The third kappa shape index (κ3) is 7.98. The third-order valence-electron chi connectivity index (χ3n) is 6.81. The summed E-state index contributed by atoms with van der Waals surface area (Å²) >= 11 is 0. The summed E-state index contributed by atoms with van der Waals surface area (Å²) in [5.41, 5.74) is 0. The average molecular weight is 428 g/mol. The van der Waals surface area contributed by atoms with Gasteiger partial charge in [-0.1, -0.05) is 6.92 Å². The van der Waals surface area contributed by atoms with Gasteiger partial charge in [-0.25, -0.2) is 0 Å². The molecule has 0 saturated carbocycles. The van der Waals surface area contributed by atoms with Crippen molar-refractivity contribution in [2.24, 2.45) is 0 Å². The highest BCUT2D eigenvalue weighted by Gasteiger charge is 2.42. The molecular formula is C22H45N5O3. The van der Waals surface area contributed by atoms with Crippen molar-refractivity contribution < 1.29 is 14.2 Å². The zero-order chi connectivity index (χ0) is 21.0. The zero-order valence-corrected chi connectivity index (χ0v) is 19.4. The largest absolute Gasteiger partial charge is 0.383 e. The summed E-state index contributed by atoms with van der Waals surface area (Å²) in [5, 5.41) is 3.30. The third-order valence-corrected chi connectivity index (χ3v) is 6.81. The van der Waals surface area contributed by atoms with Gasteiger partial charge >= 0.3 is 0 Å². The topological polar surface area (TPSA) is 52.7 Å². The van der Waals surface area contributed by atoms with Crippen LogP contribution in [0.4, 0.5) is 0 Å². The van der Waals surface area contributed by atoms with E-state index >= 15 is 0 Å². The van der Waals surface area contributed by atoms with Crippen molar-refractivity contribution >= 4 is 0 Å². The van der Waals surface area contributed by atoms with Crippen molar-refractivity contribution in [1.82, 2.24) is 24.9 Å². The first kappa shape index (κ1) is 24.3. The van der Waals surface area contributed by atoms with Gasteiger partial charge in [0.2, 0.25) is 0 Å². The number of rotatable bonds is 16. The number of hydrogen-bond acceptors (Lipinski definition) is 8. The molecule has 1 N–H and O–H groups in total. The minimum Gasteiger partial charge on any atom is -0.383 e. The molecule has 176 valence electrons. The van der Waals surface area contributed by atoms with Crippen molar-refractivity contribution in [3.63, 3.8) is 0 Å². The second-order valence-corrected chi connectivity index (χ2v) is 8.79. The van der Waals surface area contributed by atoms with Gasteiger partial charge in [0.05, 0.1) is 33.0 Å². The quantitative estimate of drug-likeness (QED) is 0.336. The van der Waals surface area contributed by atoms with E-state index in [9.17, 15) is 0 Å². The van der Waals surface area contributed by atoms with E-state index < -0.39 is 0 Å². The Bertz CT molecular complexity index is 450. The Hall–Kier alpha value is -0.320. The lowest BCUT2D eigenvalue weighted by atomic mass is 10.2. The molecule has 8 nitrogen and oxygen atoms in total. The Morgan fingerprint density at radius 1 is 0.733 bits per heavy atom. The van der Waals surface area contributed by atoms with E-state index in [1.807, 2.05) is 0 Å². The Balaban J connectivity index is 1.16. The fraction of sp³-hybridized carbons (Fsp3) is 1.00. The maximum Gasteiger partial charge on any atom is 0.0594 e. The van der Waals surface area contributed by atoms with Crippen LogP contribution in [0, 0.1) is 0 Å². The Kier molecular flexibility index (Phi) is 11.3. The van der Waals surface area contributed by atoms with Gasteiger partial charge in [-0.15, -0.1) is 0 Å². The van der Waals surface area contributed by atoms with E-state index in [1.54, 1.807) is 7.11 Å². The Morgan fingerprint density at radius 2 is 1.27 bits per heavy atom. The molecule has 0 aromatic rings. The molecule has 2 atom stereocenters. The van der Waals surface area contributed by atoms with Gasteiger partial charge in [0.15, 0.2) is 0 Å². The first-order valence-corrected chi connectivity index (χ1v) is 12.1. The lowest BCUT2D eigenvalue weighted by molar-refractivity contribution is 0.0416. The maximum atomic E-state index is 5.98. The van der Waals surface area contributed by atoms with Gasteiger partial charge < -0.3 is 19.5 Å². The van der Waals surface area contributed by atoms with Crippen molar-refractivity contribution in [2.75, 3.05) is 119 Å². The fourth-order valence-corrected chi connectivity index (χ4v) is 4.92. The first-order chi connectivity index (χ1) is 14.8.